The Morgan fingerprint density at radius 2 is 2.08 bits per heavy atom. The maximum absolute atomic E-state index is 12.9. The van der Waals surface area contributed by atoms with Crippen molar-refractivity contribution < 1.29 is 9.53 Å². The molecular formula is C20H23N3O2. The van der Waals surface area contributed by atoms with Gasteiger partial charge < -0.3 is 9.64 Å². The first-order valence-corrected chi connectivity index (χ1v) is 8.86. The van der Waals surface area contributed by atoms with Crippen LogP contribution in [0, 0.1) is 13.8 Å². The molecule has 2 aliphatic heterocycles. The van der Waals surface area contributed by atoms with Crippen molar-refractivity contribution in [3.05, 3.63) is 52.9 Å². The molecule has 0 radical (unpaired) electrons. The summed E-state index contributed by atoms with van der Waals surface area (Å²) < 4.78 is 6.36. The number of H-pyrrole nitrogens is 1. The molecule has 130 valence electrons. The predicted molar refractivity (Wildman–Crippen MR) is 96.7 cm³/mol. The first-order chi connectivity index (χ1) is 12.1. The van der Waals surface area contributed by atoms with E-state index in [1.54, 1.807) is 0 Å². The van der Waals surface area contributed by atoms with Crippen LogP contribution in [0.1, 0.15) is 46.6 Å². The maximum Gasteiger partial charge on any atom is 0.257 e. The van der Waals surface area contributed by atoms with E-state index in [1.807, 2.05) is 36.9 Å². The topological polar surface area (TPSA) is 58.2 Å². The van der Waals surface area contributed by atoms with Crippen LogP contribution in [0.4, 0.5) is 0 Å². The zero-order valence-electron chi connectivity index (χ0n) is 14.7. The summed E-state index contributed by atoms with van der Waals surface area (Å²) in [5.41, 5.74) is 3.13. The number of hydrogen-bond acceptors (Lipinski definition) is 3. The van der Waals surface area contributed by atoms with Gasteiger partial charge in [-0.05, 0) is 38.8 Å². The number of para-hydroxylation sites is 1. The molecule has 5 heteroatoms. The zero-order chi connectivity index (χ0) is 17.4. The molecule has 2 aromatic rings. The lowest BCUT2D eigenvalue weighted by Gasteiger charge is -2.34. The lowest BCUT2D eigenvalue weighted by Crippen LogP contribution is -2.38. The molecule has 0 aliphatic carbocycles. The van der Waals surface area contributed by atoms with Gasteiger partial charge in [0.1, 0.15) is 11.4 Å². The van der Waals surface area contributed by atoms with Gasteiger partial charge in [0.05, 0.1) is 11.3 Å². The molecule has 0 saturated carbocycles. The van der Waals surface area contributed by atoms with E-state index in [2.05, 4.69) is 28.4 Å². The van der Waals surface area contributed by atoms with Crippen molar-refractivity contribution in [2.45, 2.75) is 38.7 Å². The van der Waals surface area contributed by atoms with Gasteiger partial charge in [-0.2, -0.15) is 5.10 Å². The summed E-state index contributed by atoms with van der Waals surface area (Å²) in [4.78, 5) is 14.9. The number of carbonyl (C=O) groups is 1. The van der Waals surface area contributed by atoms with Crippen LogP contribution in [-0.4, -0.2) is 39.7 Å². The van der Waals surface area contributed by atoms with Crippen LogP contribution >= 0.6 is 0 Å². The van der Waals surface area contributed by atoms with Crippen molar-refractivity contribution in [2.24, 2.45) is 0 Å². The number of rotatable bonds is 1. The number of aromatic amines is 1. The Morgan fingerprint density at radius 1 is 1.24 bits per heavy atom. The van der Waals surface area contributed by atoms with Crippen LogP contribution < -0.4 is 4.74 Å². The molecule has 1 unspecified atom stereocenters. The molecule has 1 spiro atoms. The average Bonchev–Trinajstić information content (AvgIpc) is 2.83. The average molecular weight is 337 g/mol. The zero-order valence-corrected chi connectivity index (χ0v) is 14.7. The van der Waals surface area contributed by atoms with E-state index in [-0.39, 0.29) is 11.5 Å². The highest BCUT2D eigenvalue weighted by Gasteiger charge is 2.36. The molecule has 1 amide bonds. The fourth-order valence-corrected chi connectivity index (χ4v) is 3.83. The Morgan fingerprint density at radius 3 is 2.88 bits per heavy atom. The lowest BCUT2D eigenvalue weighted by atomic mass is 9.91. The highest BCUT2D eigenvalue weighted by Crippen LogP contribution is 2.37. The third-order valence-corrected chi connectivity index (χ3v) is 5.26. The molecule has 1 aromatic heterocycles. The number of benzene rings is 1. The Kier molecular flexibility index (Phi) is 3.86. The standard InChI is InChI=1S/C20H23N3O2/c1-14-18(15(2)22-21-14)19(24)23-12-5-9-20(11-13-23)10-8-16-6-3-4-7-17(16)25-20/h3-4,6-8,10H,5,9,11-13H2,1-2H3,(H,21,22). The summed E-state index contributed by atoms with van der Waals surface area (Å²) in [7, 11) is 0. The smallest absolute Gasteiger partial charge is 0.257 e. The largest absolute Gasteiger partial charge is 0.483 e. The Labute approximate surface area is 147 Å². The quantitative estimate of drug-likeness (QED) is 0.866. The van der Waals surface area contributed by atoms with Gasteiger partial charge in [-0.3, -0.25) is 9.89 Å². The van der Waals surface area contributed by atoms with Gasteiger partial charge in [0, 0.05) is 30.8 Å². The molecular weight excluding hydrogens is 314 g/mol. The molecule has 1 fully saturated rings. The van der Waals surface area contributed by atoms with Gasteiger partial charge in [0.25, 0.3) is 5.91 Å². The monoisotopic (exact) mass is 337 g/mol. The summed E-state index contributed by atoms with van der Waals surface area (Å²) in [6, 6.07) is 8.11. The van der Waals surface area contributed by atoms with Crippen molar-refractivity contribution in [1.29, 1.82) is 0 Å². The maximum atomic E-state index is 12.9. The van der Waals surface area contributed by atoms with Crippen LogP contribution in [-0.2, 0) is 0 Å². The van der Waals surface area contributed by atoms with Gasteiger partial charge in [-0.1, -0.05) is 24.3 Å². The fraction of sp³-hybridized carbons (Fsp3) is 0.400. The molecule has 25 heavy (non-hydrogen) atoms. The van der Waals surface area contributed by atoms with E-state index < -0.39 is 0 Å². The Bertz CT molecular complexity index is 820. The van der Waals surface area contributed by atoms with E-state index >= 15 is 0 Å². The molecule has 1 aromatic carbocycles. The molecule has 2 aliphatic rings. The van der Waals surface area contributed by atoms with Crippen molar-refractivity contribution >= 4 is 12.0 Å². The second-order valence-electron chi connectivity index (χ2n) is 6.99. The van der Waals surface area contributed by atoms with E-state index in [1.165, 1.54) is 0 Å². The minimum atomic E-state index is -0.302. The van der Waals surface area contributed by atoms with Crippen molar-refractivity contribution in [3.63, 3.8) is 0 Å². The van der Waals surface area contributed by atoms with Crippen molar-refractivity contribution in [2.75, 3.05) is 13.1 Å². The van der Waals surface area contributed by atoms with Crippen LogP contribution in [0.25, 0.3) is 6.08 Å². The van der Waals surface area contributed by atoms with Crippen molar-refractivity contribution in [3.8, 4) is 5.75 Å². The number of nitrogens with one attached hydrogen (secondary N) is 1. The number of likely N-dealkylation sites (tertiary alicyclic amines) is 1. The number of hydrogen-bond donors (Lipinski definition) is 1. The van der Waals surface area contributed by atoms with E-state index in [4.69, 9.17) is 4.74 Å². The summed E-state index contributed by atoms with van der Waals surface area (Å²) in [5.74, 6) is 1.01. The van der Waals surface area contributed by atoms with Gasteiger partial charge in [0.2, 0.25) is 0 Å². The Balaban J connectivity index is 1.53. The van der Waals surface area contributed by atoms with E-state index in [0.29, 0.717) is 12.1 Å². The van der Waals surface area contributed by atoms with Crippen LogP contribution in [0.3, 0.4) is 0 Å². The summed E-state index contributed by atoms with van der Waals surface area (Å²) >= 11 is 0. The lowest BCUT2D eigenvalue weighted by molar-refractivity contribution is 0.0729. The second-order valence-corrected chi connectivity index (χ2v) is 6.99. The number of aryl methyl sites for hydroxylation is 2. The first-order valence-electron chi connectivity index (χ1n) is 8.86. The summed E-state index contributed by atoms with van der Waals surface area (Å²) in [6.45, 7) is 5.22. The SMILES string of the molecule is Cc1n[nH]c(C)c1C(=O)N1CCCC2(C=Cc3ccccc3O2)CC1. The number of nitrogens with zero attached hydrogens (tertiary/aromatic N) is 2. The highest BCUT2D eigenvalue weighted by molar-refractivity contribution is 5.96. The molecule has 1 N–H and O–H groups in total. The molecule has 1 saturated heterocycles. The number of fused-ring (bicyclic) bond motifs is 1. The third-order valence-electron chi connectivity index (χ3n) is 5.26. The molecule has 4 rings (SSSR count). The van der Waals surface area contributed by atoms with Crippen LogP contribution in [0.15, 0.2) is 30.3 Å². The fourth-order valence-electron chi connectivity index (χ4n) is 3.83. The third kappa shape index (κ3) is 2.84. The molecule has 1 atom stereocenters. The summed E-state index contributed by atoms with van der Waals surface area (Å²) in [6.07, 6.45) is 6.98. The molecule has 0 bridgehead atoms. The number of amides is 1. The van der Waals surface area contributed by atoms with Crippen molar-refractivity contribution in [1.82, 2.24) is 15.1 Å². The number of carbonyl (C=O) groups excluding carboxylic acids is 1. The highest BCUT2D eigenvalue weighted by atomic mass is 16.5. The van der Waals surface area contributed by atoms with Crippen LogP contribution in [0.2, 0.25) is 0 Å². The van der Waals surface area contributed by atoms with Crippen LogP contribution in [0.5, 0.6) is 5.75 Å². The number of aromatic nitrogens is 2. The van der Waals surface area contributed by atoms with E-state index in [0.717, 1.165) is 48.5 Å². The number of ether oxygens (including phenoxy) is 1. The predicted octanol–water partition coefficient (Wildman–Crippen LogP) is 3.50. The minimum Gasteiger partial charge on any atom is -0.483 e. The molecule has 5 nitrogen and oxygen atoms in total. The second kappa shape index (κ2) is 6.06. The van der Waals surface area contributed by atoms with Gasteiger partial charge in [-0.15, -0.1) is 0 Å². The normalized spacial score (nSPS) is 22.4. The Hall–Kier alpha value is -2.56. The van der Waals surface area contributed by atoms with Gasteiger partial charge in [0.15, 0.2) is 0 Å². The van der Waals surface area contributed by atoms with Gasteiger partial charge in [-0.25, -0.2) is 0 Å². The molecule has 3 heterocycles. The van der Waals surface area contributed by atoms with Gasteiger partial charge >= 0.3 is 0 Å². The first kappa shape index (κ1) is 15.9. The minimum absolute atomic E-state index is 0.0704. The summed E-state index contributed by atoms with van der Waals surface area (Å²) in [5, 5.41) is 7.06. The van der Waals surface area contributed by atoms with E-state index in [9.17, 15) is 4.79 Å².